The number of hydrogen-bond donors (Lipinski definition) is 2. The molecule has 0 saturated carbocycles. The average molecular weight is 375 g/mol. The van der Waals surface area contributed by atoms with Crippen LogP contribution in [0, 0.1) is 11.3 Å². The largest absolute Gasteiger partial charge is 0.494 e. The number of carbonyl (C=O) groups excluding carboxylic acids is 1. The van der Waals surface area contributed by atoms with Crippen molar-refractivity contribution in [2.75, 3.05) is 11.9 Å². The first kappa shape index (κ1) is 19.1. The maximum absolute atomic E-state index is 13.1. The molecule has 1 aliphatic heterocycles. The van der Waals surface area contributed by atoms with Crippen LogP contribution >= 0.6 is 0 Å². The summed E-state index contributed by atoms with van der Waals surface area (Å²) < 4.78 is 11.3. The lowest BCUT2D eigenvalue weighted by molar-refractivity contribution is -0.113. The minimum Gasteiger partial charge on any atom is -0.494 e. The maximum atomic E-state index is 13.1. The number of nitrogens with zero attached hydrogens (tertiary/aromatic N) is 1. The van der Waals surface area contributed by atoms with Crippen molar-refractivity contribution in [1.82, 2.24) is 0 Å². The second kappa shape index (κ2) is 8.31. The first-order chi connectivity index (χ1) is 13.6. The van der Waals surface area contributed by atoms with Crippen LogP contribution in [0.4, 0.5) is 5.69 Å². The van der Waals surface area contributed by atoms with Crippen molar-refractivity contribution in [3.63, 3.8) is 0 Å². The van der Waals surface area contributed by atoms with Crippen molar-refractivity contribution < 1.29 is 14.3 Å². The van der Waals surface area contributed by atoms with Crippen LogP contribution in [0.25, 0.3) is 0 Å². The summed E-state index contributed by atoms with van der Waals surface area (Å²) in [7, 11) is 0. The van der Waals surface area contributed by atoms with Gasteiger partial charge in [-0.05, 0) is 32.0 Å². The van der Waals surface area contributed by atoms with Crippen molar-refractivity contribution in [2.45, 2.75) is 19.8 Å². The second-order valence-electron chi connectivity index (χ2n) is 6.19. The Morgan fingerprint density at radius 1 is 1.21 bits per heavy atom. The van der Waals surface area contributed by atoms with Crippen LogP contribution in [0.1, 0.15) is 25.3 Å². The van der Waals surface area contributed by atoms with Gasteiger partial charge >= 0.3 is 0 Å². The van der Waals surface area contributed by atoms with Gasteiger partial charge in [-0.25, -0.2) is 0 Å². The minimum absolute atomic E-state index is 0.00689. The van der Waals surface area contributed by atoms with Gasteiger partial charge in [0.25, 0.3) is 5.91 Å². The first-order valence-corrected chi connectivity index (χ1v) is 8.93. The fourth-order valence-electron chi connectivity index (χ4n) is 3.21. The van der Waals surface area contributed by atoms with Crippen LogP contribution in [-0.4, -0.2) is 12.5 Å². The zero-order valence-electron chi connectivity index (χ0n) is 15.7. The standard InChI is InChI=1S/C22H21N3O3/c1-3-27-18-12-8-7-11-16(18)20-17(13-23)21(24)28-14(2)19(20)22(26)25-15-9-5-4-6-10-15/h4-12,20H,3,24H2,1-2H3,(H,25,26)/t20-/m1/s1. The van der Waals surface area contributed by atoms with Gasteiger partial charge in [-0.2, -0.15) is 5.26 Å². The molecular weight excluding hydrogens is 354 g/mol. The van der Waals surface area contributed by atoms with E-state index in [0.29, 0.717) is 34.9 Å². The molecule has 3 rings (SSSR count). The van der Waals surface area contributed by atoms with Gasteiger partial charge in [0.05, 0.1) is 18.1 Å². The number of nitrogens with two attached hydrogens (primary N) is 1. The molecule has 1 heterocycles. The molecule has 2 aromatic rings. The molecular formula is C22H21N3O3. The molecule has 0 saturated heterocycles. The Labute approximate surface area is 163 Å². The normalized spacial score (nSPS) is 16.2. The number of benzene rings is 2. The summed E-state index contributed by atoms with van der Waals surface area (Å²) in [6.07, 6.45) is 0. The van der Waals surface area contributed by atoms with Gasteiger partial charge in [0.15, 0.2) is 0 Å². The lowest BCUT2D eigenvalue weighted by atomic mass is 9.82. The smallest absolute Gasteiger partial charge is 0.255 e. The van der Waals surface area contributed by atoms with Gasteiger partial charge < -0.3 is 20.5 Å². The number of allylic oxidation sites excluding steroid dienone is 2. The fraction of sp³-hybridized carbons (Fsp3) is 0.182. The molecule has 6 heteroatoms. The van der Waals surface area contributed by atoms with Crippen LogP contribution < -0.4 is 15.8 Å². The molecule has 3 N–H and O–H groups in total. The average Bonchev–Trinajstić information content (AvgIpc) is 2.69. The molecule has 1 atom stereocenters. The molecule has 0 spiro atoms. The van der Waals surface area contributed by atoms with Gasteiger partial charge in [0.2, 0.25) is 5.88 Å². The fourth-order valence-corrected chi connectivity index (χ4v) is 3.21. The minimum atomic E-state index is -0.690. The number of carbonyl (C=O) groups is 1. The molecule has 0 unspecified atom stereocenters. The van der Waals surface area contributed by atoms with E-state index >= 15 is 0 Å². The van der Waals surface area contributed by atoms with Gasteiger partial charge in [-0.15, -0.1) is 0 Å². The van der Waals surface area contributed by atoms with Crippen molar-refractivity contribution in [3.05, 3.63) is 82.9 Å². The van der Waals surface area contributed by atoms with E-state index < -0.39 is 5.92 Å². The predicted octanol–water partition coefficient (Wildman–Crippen LogP) is 3.81. The number of nitrogens with one attached hydrogen (secondary N) is 1. The number of rotatable bonds is 5. The van der Waals surface area contributed by atoms with Crippen LogP contribution in [0.15, 0.2) is 77.4 Å². The Kier molecular flexibility index (Phi) is 5.66. The first-order valence-electron chi connectivity index (χ1n) is 8.93. The highest BCUT2D eigenvalue weighted by atomic mass is 16.5. The van der Waals surface area contributed by atoms with E-state index in [1.807, 2.05) is 49.4 Å². The van der Waals surface area contributed by atoms with Crippen molar-refractivity contribution >= 4 is 11.6 Å². The van der Waals surface area contributed by atoms with Crippen molar-refractivity contribution in [2.24, 2.45) is 5.73 Å². The summed E-state index contributed by atoms with van der Waals surface area (Å²) in [6, 6.07) is 18.5. The molecule has 6 nitrogen and oxygen atoms in total. The predicted molar refractivity (Wildman–Crippen MR) is 106 cm³/mol. The molecule has 1 amide bonds. The number of hydrogen-bond acceptors (Lipinski definition) is 5. The highest BCUT2D eigenvalue weighted by Crippen LogP contribution is 2.42. The van der Waals surface area contributed by atoms with E-state index in [9.17, 15) is 10.1 Å². The number of nitriles is 1. The molecule has 0 aromatic heterocycles. The summed E-state index contributed by atoms with van der Waals surface area (Å²) in [5.41, 5.74) is 7.80. The Morgan fingerprint density at radius 3 is 2.57 bits per heavy atom. The van der Waals surface area contributed by atoms with Gasteiger partial charge in [-0.1, -0.05) is 36.4 Å². The Bertz CT molecular complexity index is 988. The SMILES string of the molecule is CCOc1ccccc1[C@@H]1C(C#N)=C(N)OC(C)=C1C(=O)Nc1ccccc1. The lowest BCUT2D eigenvalue weighted by Gasteiger charge is -2.28. The molecule has 28 heavy (non-hydrogen) atoms. The molecule has 0 aliphatic carbocycles. The molecule has 1 aliphatic rings. The summed E-state index contributed by atoms with van der Waals surface area (Å²) in [5.74, 6) is -0.116. The summed E-state index contributed by atoms with van der Waals surface area (Å²) >= 11 is 0. The molecule has 142 valence electrons. The second-order valence-corrected chi connectivity index (χ2v) is 6.19. The quantitative estimate of drug-likeness (QED) is 0.828. The van der Waals surface area contributed by atoms with E-state index in [1.54, 1.807) is 19.1 Å². The highest BCUT2D eigenvalue weighted by Gasteiger charge is 2.37. The van der Waals surface area contributed by atoms with E-state index in [0.717, 1.165) is 0 Å². The third-order valence-electron chi connectivity index (χ3n) is 4.41. The summed E-state index contributed by atoms with van der Waals surface area (Å²) in [5, 5.41) is 12.6. The van der Waals surface area contributed by atoms with Crippen LogP contribution in [0.2, 0.25) is 0 Å². The molecule has 0 fully saturated rings. The maximum Gasteiger partial charge on any atom is 0.255 e. The van der Waals surface area contributed by atoms with Gasteiger partial charge in [0.1, 0.15) is 23.2 Å². The Balaban J connectivity index is 2.10. The highest BCUT2D eigenvalue weighted by molar-refractivity contribution is 6.06. The molecule has 0 bridgehead atoms. The molecule has 0 radical (unpaired) electrons. The van der Waals surface area contributed by atoms with E-state index in [2.05, 4.69) is 11.4 Å². The van der Waals surface area contributed by atoms with Crippen LogP contribution in [-0.2, 0) is 9.53 Å². The topological polar surface area (TPSA) is 97.4 Å². The third-order valence-corrected chi connectivity index (χ3v) is 4.41. The Hall–Kier alpha value is -3.72. The zero-order chi connectivity index (χ0) is 20.1. The lowest BCUT2D eigenvalue weighted by Crippen LogP contribution is -2.28. The van der Waals surface area contributed by atoms with E-state index in [-0.39, 0.29) is 17.4 Å². The van der Waals surface area contributed by atoms with Crippen LogP contribution in [0.3, 0.4) is 0 Å². The van der Waals surface area contributed by atoms with E-state index in [1.165, 1.54) is 0 Å². The zero-order valence-corrected chi connectivity index (χ0v) is 15.7. The Morgan fingerprint density at radius 2 is 1.89 bits per heavy atom. The van der Waals surface area contributed by atoms with Crippen molar-refractivity contribution in [1.29, 1.82) is 5.26 Å². The monoisotopic (exact) mass is 375 g/mol. The number of amides is 1. The van der Waals surface area contributed by atoms with Gasteiger partial charge in [0, 0.05) is 11.3 Å². The number of anilines is 1. The summed E-state index contributed by atoms with van der Waals surface area (Å²) in [6.45, 7) is 3.99. The van der Waals surface area contributed by atoms with Crippen LogP contribution in [0.5, 0.6) is 5.75 Å². The number of para-hydroxylation sites is 2. The number of ether oxygens (including phenoxy) is 2. The van der Waals surface area contributed by atoms with Gasteiger partial charge in [-0.3, -0.25) is 4.79 Å². The van der Waals surface area contributed by atoms with E-state index in [4.69, 9.17) is 15.2 Å². The third kappa shape index (κ3) is 3.69. The molecule has 2 aromatic carbocycles. The van der Waals surface area contributed by atoms with Crippen molar-refractivity contribution in [3.8, 4) is 11.8 Å². The summed E-state index contributed by atoms with van der Waals surface area (Å²) in [4.78, 5) is 13.1.